The highest BCUT2D eigenvalue weighted by Gasteiger charge is 2.24. The van der Waals surface area contributed by atoms with Gasteiger partial charge in [-0.15, -0.1) is 0 Å². The molecular formula is C15H16N2O4. The smallest absolute Gasteiger partial charge is 0.341 e. The van der Waals surface area contributed by atoms with Crippen LogP contribution in [0.4, 0.5) is 0 Å². The molecule has 0 N–H and O–H groups in total. The number of carbonyl (C=O) groups is 2. The quantitative estimate of drug-likeness (QED) is 0.801. The van der Waals surface area contributed by atoms with Gasteiger partial charge in [-0.3, -0.25) is 4.79 Å². The molecule has 21 heavy (non-hydrogen) atoms. The Hall–Kier alpha value is -2.63. The normalized spacial score (nSPS) is 10.2. The summed E-state index contributed by atoms with van der Waals surface area (Å²) in [5, 5.41) is 4.35. The molecule has 1 aromatic heterocycles. The summed E-state index contributed by atoms with van der Waals surface area (Å²) in [4.78, 5) is 23.4. The molecule has 0 radical (unpaired) electrons. The largest absolute Gasteiger partial charge is 0.469 e. The van der Waals surface area contributed by atoms with Crippen LogP contribution in [0.1, 0.15) is 21.7 Å². The lowest BCUT2D eigenvalue weighted by Gasteiger charge is -2.04. The first kappa shape index (κ1) is 14.8. The molecule has 0 saturated carbocycles. The molecule has 0 spiro atoms. The Kier molecular flexibility index (Phi) is 4.37. The molecule has 6 nitrogen and oxygen atoms in total. The van der Waals surface area contributed by atoms with Gasteiger partial charge in [-0.2, -0.15) is 5.10 Å². The first-order valence-electron chi connectivity index (χ1n) is 6.37. The third-order valence-corrected chi connectivity index (χ3v) is 3.12. The number of esters is 2. The SMILES string of the molecule is COC(=O)Cc1nn(-c2ccccc2)c(C)c1C(=O)OC. The van der Waals surface area contributed by atoms with E-state index < -0.39 is 11.9 Å². The molecule has 0 aliphatic carbocycles. The van der Waals surface area contributed by atoms with Crippen LogP contribution in [-0.4, -0.2) is 35.9 Å². The maximum Gasteiger partial charge on any atom is 0.341 e. The minimum absolute atomic E-state index is 0.0817. The Morgan fingerprint density at radius 3 is 2.38 bits per heavy atom. The van der Waals surface area contributed by atoms with Gasteiger partial charge in [-0.25, -0.2) is 9.48 Å². The summed E-state index contributed by atoms with van der Waals surface area (Å²) in [6, 6.07) is 9.35. The predicted molar refractivity (Wildman–Crippen MR) is 75.4 cm³/mol. The molecule has 0 aliphatic heterocycles. The van der Waals surface area contributed by atoms with E-state index >= 15 is 0 Å². The number of benzene rings is 1. The van der Waals surface area contributed by atoms with Crippen LogP contribution >= 0.6 is 0 Å². The highest BCUT2D eigenvalue weighted by molar-refractivity contribution is 5.93. The lowest BCUT2D eigenvalue weighted by molar-refractivity contribution is -0.139. The van der Waals surface area contributed by atoms with Gasteiger partial charge in [0.05, 0.1) is 37.7 Å². The summed E-state index contributed by atoms with van der Waals surface area (Å²) in [6.45, 7) is 1.76. The maximum absolute atomic E-state index is 11.9. The Balaban J connectivity index is 2.54. The Labute approximate surface area is 122 Å². The highest BCUT2D eigenvalue weighted by atomic mass is 16.5. The van der Waals surface area contributed by atoms with Crippen LogP contribution in [0, 0.1) is 6.92 Å². The number of aromatic nitrogens is 2. The van der Waals surface area contributed by atoms with Crippen LogP contribution in [-0.2, 0) is 20.7 Å². The van der Waals surface area contributed by atoms with Crippen molar-refractivity contribution >= 4 is 11.9 Å². The predicted octanol–water partition coefficient (Wildman–Crippen LogP) is 1.68. The van der Waals surface area contributed by atoms with Crippen molar-refractivity contribution in [2.45, 2.75) is 13.3 Å². The summed E-state index contributed by atoms with van der Waals surface area (Å²) in [6.07, 6.45) is -0.0817. The molecule has 0 aliphatic rings. The Morgan fingerprint density at radius 2 is 1.81 bits per heavy atom. The number of ether oxygens (including phenoxy) is 2. The summed E-state index contributed by atoms with van der Waals surface area (Å²) < 4.78 is 11.0. The molecular weight excluding hydrogens is 272 g/mol. The molecule has 0 saturated heterocycles. The van der Waals surface area contributed by atoms with E-state index in [4.69, 9.17) is 4.74 Å². The zero-order chi connectivity index (χ0) is 15.4. The average molecular weight is 288 g/mol. The first-order valence-corrected chi connectivity index (χ1v) is 6.37. The van der Waals surface area contributed by atoms with Crippen LogP contribution in [0.2, 0.25) is 0 Å². The first-order chi connectivity index (χ1) is 10.1. The number of hydrogen-bond donors (Lipinski definition) is 0. The highest BCUT2D eigenvalue weighted by Crippen LogP contribution is 2.20. The van der Waals surface area contributed by atoms with E-state index in [2.05, 4.69) is 9.84 Å². The Bertz CT molecular complexity index is 662. The van der Waals surface area contributed by atoms with Crippen molar-refractivity contribution in [1.29, 1.82) is 0 Å². The van der Waals surface area contributed by atoms with E-state index in [0.717, 1.165) is 5.69 Å². The van der Waals surface area contributed by atoms with E-state index in [1.54, 1.807) is 11.6 Å². The molecule has 0 fully saturated rings. The van der Waals surface area contributed by atoms with Crippen LogP contribution in [0.3, 0.4) is 0 Å². The van der Waals surface area contributed by atoms with Gasteiger partial charge in [0, 0.05) is 0 Å². The van der Waals surface area contributed by atoms with Crippen molar-refractivity contribution in [1.82, 2.24) is 9.78 Å². The van der Waals surface area contributed by atoms with Gasteiger partial charge in [-0.1, -0.05) is 18.2 Å². The van der Waals surface area contributed by atoms with Crippen molar-refractivity contribution in [2.24, 2.45) is 0 Å². The zero-order valence-electron chi connectivity index (χ0n) is 12.1. The van der Waals surface area contributed by atoms with E-state index in [1.165, 1.54) is 14.2 Å². The topological polar surface area (TPSA) is 70.4 Å². The van der Waals surface area contributed by atoms with Crippen LogP contribution in [0.5, 0.6) is 0 Å². The molecule has 0 unspecified atom stereocenters. The number of carbonyl (C=O) groups excluding carboxylic acids is 2. The summed E-state index contributed by atoms with van der Waals surface area (Å²) in [7, 11) is 2.59. The standard InChI is InChI=1S/C15H16N2O4/c1-10-14(15(19)21-3)12(9-13(18)20-2)16-17(10)11-7-5-4-6-8-11/h4-8H,9H2,1-3H3. The lowest BCUT2D eigenvalue weighted by Crippen LogP contribution is -2.11. The average Bonchev–Trinajstić information content (AvgIpc) is 2.83. The minimum atomic E-state index is -0.520. The number of hydrogen-bond acceptors (Lipinski definition) is 5. The molecule has 0 amide bonds. The zero-order valence-corrected chi connectivity index (χ0v) is 12.1. The van der Waals surface area contributed by atoms with Gasteiger partial charge >= 0.3 is 11.9 Å². The third kappa shape index (κ3) is 2.94. The van der Waals surface area contributed by atoms with Crippen LogP contribution in [0.25, 0.3) is 5.69 Å². The number of rotatable bonds is 4. The summed E-state index contributed by atoms with van der Waals surface area (Å²) in [5.74, 6) is -0.980. The van der Waals surface area contributed by atoms with E-state index in [-0.39, 0.29) is 6.42 Å². The second kappa shape index (κ2) is 6.21. The second-order valence-electron chi connectivity index (χ2n) is 4.40. The molecule has 1 heterocycles. The van der Waals surface area contributed by atoms with Crippen molar-refractivity contribution in [2.75, 3.05) is 14.2 Å². The molecule has 0 bridgehead atoms. The van der Waals surface area contributed by atoms with Crippen molar-refractivity contribution in [3.63, 3.8) is 0 Å². The second-order valence-corrected chi connectivity index (χ2v) is 4.40. The molecule has 6 heteroatoms. The summed E-state index contributed by atoms with van der Waals surface area (Å²) in [5.41, 5.74) is 2.06. The number of para-hydroxylation sites is 1. The fourth-order valence-electron chi connectivity index (χ4n) is 2.08. The van der Waals surface area contributed by atoms with Crippen molar-refractivity contribution < 1.29 is 19.1 Å². The fourth-order valence-corrected chi connectivity index (χ4v) is 2.08. The van der Waals surface area contributed by atoms with Crippen LogP contribution < -0.4 is 0 Å². The monoisotopic (exact) mass is 288 g/mol. The maximum atomic E-state index is 11.9. The van der Waals surface area contributed by atoms with Gasteiger partial charge in [0.1, 0.15) is 5.56 Å². The van der Waals surface area contributed by atoms with Crippen molar-refractivity contribution in [3.05, 3.63) is 47.3 Å². The van der Waals surface area contributed by atoms with E-state index in [0.29, 0.717) is 17.0 Å². The van der Waals surface area contributed by atoms with E-state index in [9.17, 15) is 9.59 Å². The van der Waals surface area contributed by atoms with Gasteiger partial charge < -0.3 is 9.47 Å². The minimum Gasteiger partial charge on any atom is -0.469 e. The fraction of sp³-hybridized carbons (Fsp3) is 0.267. The van der Waals surface area contributed by atoms with Crippen LogP contribution in [0.15, 0.2) is 30.3 Å². The molecule has 1 aromatic carbocycles. The molecule has 2 aromatic rings. The van der Waals surface area contributed by atoms with Gasteiger partial charge in [-0.05, 0) is 19.1 Å². The van der Waals surface area contributed by atoms with Gasteiger partial charge in [0.25, 0.3) is 0 Å². The molecule has 2 rings (SSSR count). The lowest BCUT2D eigenvalue weighted by atomic mass is 10.1. The molecule has 110 valence electrons. The van der Waals surface area contributed by atoms with Crippen molar-refractivity contribution in [3.8, 4) is 5.69 Å². The van der Waals surface area contributed by atoms with Gasteiger partial charge in [0.2, 0.25) is 0 Å². The number of methoxy groups -OCH3 is 2. The third-order valence-electron chi connectivity index (χ3n) is 3.12. The van der Waals surface area contributed by atoms with Gasteiger partial charge in [0.15, 0.2) is 0 Å². The molecule has 0 atom stereocenters. The summed E-state index contributed by atoms with van der Waals surface area (Å²) >= 11 is 0. The Morgan fingerprint density at radius 1 is 1.14 bits per heavy atom. The number of nitrogens with zero attached hydrogens (tertiary/aromatic N) is 2. The van der Waals surface area contributed by atoms with E-state index in [1.807, 2.05) is 30.3 Å².